The summed E-state index contributed by atoms with van der Waals surface area (Å²) in [5, 5.41) is 9.26. The second-order valence-electron chi connectivity index (χ2n) is 4.49. The van der Waals surface area contributed by atoms with Crippen LogP contribution in [0.3, 0.4) is 0 Å². The number of rotatable bonds is 3. The molecule has 1 aliphatic rings. The molecule has 0 heterocycles. The second kappa shape index (κ2) is 4.50. The minimum atomic E-state index is -0.653. The average molecular weight is 194 g/mol. The molecule has 1 aliphatic carbocycles. The summed E-state index contributed by atoms with van der Waals surface area (Å²) in [7, 11) is 0. The highest BCUT2D eigenvalue weighted by atomic mass is 16.4. The van der Waals surface area contributed by atoms with Crippen molar-refractivity contribution < 1.29 is 9.90 Å². The molecule has 2 unspecified atom stereocenters. The lowest BCUT2D eigenvalue weighted by atomic mass is 9.68. The van der Waals surface area contributed by atoms with Crippen LogP contribution < -0.4 is 0 Å². The molecule has 0 saturated heterocycles. The van der Waals surface area contributed by atoms with Gasteiger partial charge in [-0.05, 0) is 25.2 Å². The van der Waals surface area contributed by atoms with Crippen molar-refractivity contribution in [3.8, 4) is 12.3 Å². The number of hydrogen-bond donors (Lipinski definition) is 1. The third-order valence-corrected chi connectivity index (χ3v) is 3.29. The standard InChI is InChI=1S/C12H18O2/c1-3-4-7-12(11(13)14)8-5-6-10(2)9-12/h1,10H,4-9H2,2H3,(H,13,14). The third-order valence-electron chi connectivity index (χ3n) is 3.29. The summed E-state index contributed by atoms with van der Waals surface area (Å²) in [6.45, 7) is 2.13. The molecule has 14 heavy (non-hydrogen) atoms. The lowest BCUT2D eigenvalue weighted by Crippen LogP contribution is -2.35. The molecule has 0 spiro atoms. The van der Waals surface area contributed by atoms with E-state index in [-0.39, 0.29) is 0 Å². The molecule has 0 bridgehead atoms. The molecular formula is C12H18O2. The van der Waals surface area contributed by atoms with E-state index in [0.29, 0.717) is 18.8 Å². The van der Waals surface area contributed by atoms with Gasteiger partial charge >= 0.3 is 5.97 Å². The van der Waals surface area contributed by atoms with Gasteiger partial charge in [0.05, 0.1) is 5.41 Å². The Morgan fingerprint density at radius 1 is 1.71 bits per heavy atom. The Morgan fingerprint density at radius 2 is 2.43 bits per heavy atom. The number of carboxylic acids is 1. The van der Waals surface area contributed by atoms with Gasteiger partial charge in [-0.2, -0.15) is 0 Å². The Kier molecular flexibility index (Phi) is 3.57. The van der Waals surface area contributed by atoms with Crippen LogP contribution in [-0.2, 0) is 4.79 Å². The van der Waals surface area contributed by atoms with Gasteiger partial charge in [0.2, 0.25) is 0 Å². The molecule has 1 saturated carbocycles. The minimum Gasteiger partial charge on any atom is -0.481 e. The lowest BCUT2D eigenvalue weighted by molar-refractivity contribution is -0.152. The fourth-order valence-corrected chi connectivity index (χ4v) is 2.50. The maximum Gasteiger partial charge on any atom is 0.309 e. The van der Waals surface area contributed by atoms with Gasteiger partial charge in [0.1, 0.15) is 0 Å². The Labute approximate surface area is 85.7 Å². The Hall–Kier alpha value is -0.970. The fraction of sp³-hybridized carbons (Fsp3) is 0.750. The van der Waals surface area contributed by atoms with E-state index < -0.39 is 11.4 Å². The van der Waals surface area contributed by atoms with Crippen LogP contribution >= 0.6 is 0 Å². The van der Waals surface area contributed by atoms with Crippen LogP contribution in [0, 0.1) is 23.7 Å². The zero-order valence-corrected chi connectivity index (χ0v) is 8.75. The first-order chi connectivity index (χ1) is 6.60. The summed E-state index contributed by atoms with van der Waals surface area (Å²) >= 11 is 0. The zero-order valence-electron chi connectivity index (χ0n) is 8.75. The van der Waals surface area contributed by atoms with Gasteiger partial charge in [-0.1, -0.05) is 19.8 Å². The smallest absolute Gasteiger partial charge is 0.309 e. The van der Waals surface area contributed by atoms with E-state index in [1.807, 2.05) is 0 Å². The van der Waals surface area contributed by atoms with Crippen molar-refractivity contribution in [2.45, 2.75) is 45.4 Å². The van der Waals surface area contributed by atoms with Crippen LogP contribution in [0.4, 0.5) is 0 Å². The van der Waals surface area contributed by atoms with Crippen LogP contribution in [-0.4, -0.2) is 11.1 Å². The Morgan fingerprint density at radius 3 is 2.93 bits per heavy atom. The second-order valence-corrected chi connectivity index (χ2v) is 4.49. The molecule has 2 heteroatoms. The van der Waals surface area contributed by atoms with Gasteiger partial charge < -0.3 is 5.11 Å². The van der Waals surface area contributed by atoms with E-state index in [1.54, 1.807) is 0 Å². The van der Waals surface area contributed by atoms with Crippen molar-refractivity contribution in [1.29, 1.82) is 0 Å². The molecule has 2 atom stereocenters. The molecule has 0 amide bonds. The molecule has 1 fully saturated rings. The summed E-state index contributed by atoms with van der Waals surface area (Å²) in [5.74, 6) is 2.42. The SMILES string of the molecule is C#CCCC1(C(=O)O)CCCC(C)C1. The highest BCUT2D eigenvalue weighted by Gasteiger charge is 2.40. The lowest BCUT2D eigenvalue weighted by Gasteiger charge is -2.36. The van der Waals surface area contributed by atoms with Crippen molar-refractivity contribution in [2.75, 3.05) is 0 Å². The Balaban J connectivity index is 2.70. The number of carbonyl (C=O) groups is 1. The molecule has 0 aromatic carbocycles. The van der Waals surface area contributed by atoms with E-state index in [2.05, 4.69) is 12.8 Å². The molecule has 0 aliphatic heterocycles. The summed E-state index contributed by atoms with van der Waals surface area (Å²) in [5.41, 5.74) is -0.524. The van der Waals surface area contributed by atoms with E-state index in [1.165, 1.54) is 0 Å². The predicted molar refractivity (Wildman–Crippen MR) is 55.8 cm³/mol. The van der Waals surface area contributed by atoms with Gasteiger partial charge in [-0.15, -0.1) is 12.3 Å². The summed E-state index contributed by atoms with van der Waals surface area (Å²) in [6, 6.07) is 0. The summed E-state index contributed by atoms with van der Waals surface area (Å²) in [6.07, 6.45) is 10.2. The number of hydrogen-bond acceptors (Lipinski definition) is 1. The maximum atomic E-state index is 11.3. The number of aliphatic carboxylic acids is 1. The average Bonchev–Trinajstić information content (AvgIpc) is 2.14. The first kappa shape index (κ1) is 11.1. The van der Waals surface area contributed by atoms with Crippen molar-refractivity contribution >= 4 is 5.97 Å². The molecule has 1 rings (SSSR count). The normalized spacial score (nSPS) is 32.1. The van der Waals surface area contributed by atoms with Gasteiger partial charge in [-0.3, -0.25) is 4.79 Å². The van der Waals surface area contributed by atoms with Crippen molar-refractivity contribution in [1.82, 2.24) is 0 Å². The van der Waals surface area contributed by atoms with E-state index in [9.17, 15) is 9.90 Å². The molecule has 0 aromatic heterocycles. The maximum absolute atomic E-state index is 11.3. The summed E-state index contributed by atoms with van der Waals surface area (Å²) in [4.78, 5) is 11.3. The first-order valence-corrected chi connectivity index (χ1v) is 5.27. The molecule has 0 aromatic rings. The van der Waals surface area contributed by atoms with Crippen molar-refractivity contribution in [3.05, 3.63) is 0 Å². The monoisotopic (exact) mass is 194 g/mol. The molecular weight excluding hydrogens is 176 g/mol. The summed E-state index contributed by atoms with van der Waals surface area (Å²) < 4.78 is 0. The zero-order chi connectivity index (χ0) is 10.6. The van der Waals surface area contributed by atoms with E-state index in [4.69, 9.17) is 6.42 Å². The minimum absolute atomic E-state index is 0.524. The quantitative estimate of drug-likeness (QED) is 0.701. The van der Waals surface area contributed by atoms with E-state index in [0.717, 1.165) is 25.7 Å². The van der Waals surface area contributed by atoms with Crippen LogP contribution in [0.5, 0.6) is 0 Å². The Bertz CT molecular complexity index is 252. The first-order valence-electron chi connectivity index (χ1n) is 5.27. The number of terminal acetylenes is 1. The van der Waals surface area contributed by atoms with Crippen LogP contribution in [0.15, 0.2) is 0 Å². The highest BCUT2D eigenvalue weighted by molar-refractivity contribution is 5.74. The van der Waals surface area contributed by atoms with Gasteiger partial charge in [-0.25, -0.2) is 0 Å². The fourth-order valence-electron chi connectivity index (χ4n) is 2.50. The van der Waals surface area contributed by atoms with Crippen LogP contribution in [0.25, 0.3) is 0 Å². The van der Waals surface area contributed by atoms with Crippen molar-refractivity contribution in [3.63, 3.8) is 0 Å². The van der Waals surface area contributed by atoms with Gasteiger partial charge in [0.25, 0.3) is 0 Å². The highest BCUT2D eigenvalue weighted by Crippen LogP contribution is 2.42. The number of carboxylic acid groups (broad SMARTS) is 1. The topological polar surface area (TPSA) is 37.3 Å². The molecule has 0 radical (unpaired) electrons. The van der Waals surface area contributed by atoms with Gasteiger partial charge in [0, 0.05) is 6.42 Å². The molecule has 1 N–H and O–H groups in total. The van der Waals surface area contributed by atoms with E-state index >= 15 is 0 Å². The van der Waals surface area contributed by atoms with Crippen LogP contribution in [0.1, 0.15) is 45.4 Å². The largest absolute Gasteiger partial charge is 0.481 e. The van der Waals surface area contributed by atoms with Crippen molar-refractivity contribution in [2.24, 2.45) is 11.3 Å². The third kappa shape index (κ3) is 2.29. The predicted octanol–water partition coefficient (Wildman–Crippen LogP) is 2.68. The van der Waals surface area contributed by atoms with Crippen LogP contribution in [0.2, 0.25) is 0 Å². The van der Waals surface area contributed by atoms with Gasteiger partial charge in [0.15, 0.2) is 0 Å². The molecule has 78 valence electrons. The molecule has 2 nitrogen and oxygen atoms in total.